The number of nitrogens with zero attached hydrogens (tertiary/aromatic N) is 3. The zero-order valence-corrected chi connectivity index (χ0v) is 23.8. The second-order valence-corrected chi connectivity index (χ2v) is 10.5. The Hall–Kier alpha value is -3.71. The van der Waals surface area contributed by atoms with Gasteiger partial charge in [0.2, 0.25) is 5.88 Å². The second kappa shape index (κ2) is 11.8. The first kappa shape index (κ1) is 27.8. The number of aromatic nitrogens is 3. The highest BCUT2D eigenvalue weighted by Gasteiger charge is 2.37. The summed E-state index contributed by atoms with van der Waals surface area (Å²) in [5, 5.41) is 14.1. The Morgan fingerprint density at radius 2 is 1.75 bits per heavy atom. The molecule has 1 unspecified atom stereocenters. The lowest BCUT2D eigenvalue weighted by molar-refractivity contribution is -0.118. The molecule has 0 aliphatic heterocycles. The molecule has 0 bridgehead atoms. The molecule has 0 aliphatic rings. The third-order valence-corrected chi connectivity index (χ3v) is 7.70. The van der Waals surface area contributed by atoms with E-state index in [0.717, 1.165) is 5.56 Å². The van der Waals surface area contributed by atoms with Gasteiger partial charge in [-0.05, 0) is 47.4 Å². The number of ether oxygens (including phenoxy) is 1. The topological polar surface area (TPSA) is 77.2 Å². The summed E-state index contributed by atoms with van der Waals surface area (Å²) in [5.41, 5.74) is 2.41. The monoisotopic (exact) mass is 573 g/mol. The number of pyridine rings is 1. The van der Waals surface area contributed by atoms with Gasteiger partial charge in [0.05, 0.1) is 40.9 Å². The van der Waals surface area contributed by atoms with Crippen LogP contribution in [0.3, 0.4) is 0 Å². The molecule has 204 valence electrons. The van der Waals surface area contributed by atoms with Gasteiger partial charge in [-0.15, -0.1) is 0 Å². The molecule has 1 N–H and O–H groups in total. The van der Waals surface area contributed by atoms with Gasteiger partial charge in [0.25, 0.3) is 0 Å². The number of aliphatic hydroxyl groups is 1. The number of carbonyl (C=O) groups excluding carboxylic acids is 1. The van der Waals surface area contributed by atoms with E-state index in [-0.39, 0.29) is 5.78 Å². The third-order valence-electron chi connectivity index (χ3n) is 7.05. The minimum Gasteiger partial charge on any atom is -0.477 e. The summed E-state index contributed by atoms with van der Waals surface area (Å²) >= 11 is 13.3. The van der Waals surface area contributed by atoms with Crippen molar-refractivity contribution < 1.29 is 14.6 Å². The third kappa shape index (κ3) is 5.35. The first-order valence-electron chi connectivity index (χ1n) is 13.1. The van der Waals surface area contributed by atoms with Crippen LogP contribution in [0.25, 0.3) is 22.0 Å². The highest BCUT2D eigenvalue weighted by Crippen LogP contribution is 2.43. The number of aryl methyl sites for hydroxylation is 1. The van der Waals surface area contributed by atoms with Crippen molar-refractivity contribution in [2.24, 2.45) is 7.05 Å². The van der Waals surface area contributed by atoms with Gasteiger partial charge in [-0.1, -0.05) is 78.7 Å². The summed E-state index contributed by atoms with van der Waals surface area (Å²) in [6, 6.07) is 22.3. The number of ketones is 1. The van der Waals surface area contributed by atoms with Crippen LogP contribution in [0.2, 0.25) is 10.0 Å². The molecule has 0 radical (unpaired) electrons. The molecule has 3 aromatic carbocycles. The summed E-state index contributed by atoms with van der Waals surface area (Å²) < 4.78 is 7.89. The lowest BCUT2D eigenvalue weighted by Gasteiger charge is -2.30. The van der Waals surface area contributed by atoms with Crippen LogP contribution in [-0.2, 0) is 17.4 Å². The Morgan fingerprint density at radius 1 is 1.02 bits per heavy atom. The van der Waals surface area contributed by atoms with Gasteiger partial charge in [0, 0.05) is 30.3 Å². The highest BCUT2D eigenvalue weighted by molar-refractivity contribution is 6.38. The number of fused-ring (bicyclic) bond motifs is 1. The highest BCUT2D eigenvalue weighted by atomic mass is 35.5. The van der Waals surface area contributed by atoms with Crippen LogP contribution in [0, 0.1) is 0 Å². The number of Topliss-reactive ketones (excluding diaryl/α,β-unsaturated/α-hetero) is 1. The fraction of sp³-hybridized carbons (Fsp3) is 0.219. The molecule has 0 amide bonds. The van der Waals surface area contributed by atoms with Gasteiger partial charge >= 0.3 is 0 Å². The van der Waals surface area contributed by atoms with E-state index < -0.39 is 5.60 Å². The molecule has 0 spiro atoms. The van der Waals surface area contributed by atoms with Gasteiger partial charge in [0.15, 0.2) is 5.60 Å². The molecule has 0 saturated carbocycles. The van der Waals surface area contributed by atoms with Crippen molar-refractivity contribution in [2.75, 3.05) is 6.61 Å². The van der Waals surface area contributed by atoms with E-state index in [9.17, 15) is 9.90 Å². The summed E-state index contributed by atoms with van der Waals surface area (Å²) in [4.78, 5) is 20.8. The van der Waals surface area contributed by atoms with E-state index in [1.165, 1.54) is 0 Å². The smallest absolute Gasteiger partial charge is 0.223 e. The van der Waals surface area contributed by atoms with Crippen LogP contribution in [0.15, 0.2) is 85.3 Å². The maximum Gasteiger partial charge on any atom is 0.223 e. The largest absolute Gasteiger partial charge is 0.477 e. The van der Waals surface area contributed by atoms with Crippen molar-refractivity contribution in [3.63, 3.8) is 0 Å². The summed E-state index contributed by atoms with van der Waals surface area (Å²) in [6.07, 6.45) is 4.86. The van der Waals surface area contributed by atoms with E-state index in [0.29, 0.717) is 75.1 Å². The van der Waals surface area contributed by atoms with E-state index in [1.54, 1.807) is 41.4 Å². The van der Waals surface area contributed by atoms with Gasteiger partial charge in [-0.2, -0.15) is 0 Å². The fourth-order valence-corrected chi connectivity index (χ4v) is 5.33. The normalized spacial score (nSPS) is 12.8. The fourth-order valence-electron chi connectivity index (χ4n) is 4.86. The van der Waals surface area contributed by atoms with Crippen LogP contribution >= 0.6 is 23.2 Å². The van der Waals surface area contributed by atoms with E-state index in [1.807, 2.05) is 62.5 Å². The van der Waals surface area contributed by atoms with Crippen molar-refractivity contribution in [2.45, 2.75) is 31.8 Å². The molecule has 2 heterocycles. The van der Waals surface area contributed by atoms with Crippen molar-refractivity contribution in [1.82, 2.24) is 14.5 Å². The van der Waals surface area contributed by atoms with Crippen LogP contribution in [-0.4, -0.2) is 32.0 Å². The molecule has 1 atom stereocenters. The first-order chi connectivity index (χ1) is 19.3. The number of imidazole rings is 1. The number of halogens is 2. The molecule has 0 fully saturated rings. The predicted molar refractivity (Wildman–Crippen MR) is 159 cm³/mol. The molecule has 6 nitrogen and oxygen atoms in total. The SMILES string of the molecule is CCC(=O)CCCOc1nc2ccc(C(O)(c3ccc(Cl)cc3)c3cncn3C)cc2c(Cl)c1-c1ccccc1. The van der Waals surface area contributed by atoms with E-state index in [4.69, 9.17) is 32.9 Å². The van der Waals surface area contributed by atoms with Gasteiger partial charge in [0.1, 0.15) is 5.78 Å². The lowest BCUT2D eigenvalue weighted by atomic mass is 9.83. The minimum absolute atomic E-state index is 0.200. The molecular weight excluding hydrogens is 545 g/mol. The first-order valence-corrected chi connectivity index (χ1v) is 13.9. The second-order valence-electron chi connectivity index (χ2n) is 9.66. The number of rotatable bonds is 10. The Morgan fingerprint density at radius 3 is 2.42 bits per heavy atom. The summed E-state index contributed by atoms with van der Waals surface area (Å²) in [6.45, 7) is 2.20. The molecule has 0 saturated heterocycles. The molecule has 8 heteroatoms. The minimum atomic E-state index is -1.54. The molecule has 5 rings (SSSR count). The molecule has 5 aromatic rings. The average Bonchev–Trinajstić information content (AvgIpc) is 3.41. The van der Waals surface area contributed by atoms with Gasteiger partial charge < -0.3 is 14.4 Å². The van der Waals surface area contributed by atoms with E-state index >= 15 is 0 Å². The quantitative estimate of drug-likeness (QED) is 0.176. The number of benzene rings is 3. The molecule has 2 aromatic heterocycles. The van der Waals surface area contributed by atoms with Crippen molar-refractivity contribution in [3.05, 3.63) is 112 Å². The Balaban J connectivity index is 1.65. The number of hydrogen-bond acceptors (Lipinski definition) is 5. The molecular formula is C32H29Cl2N3O3. The van der Waals surface area contributed by atoms with E-state index in [2.05, 4.69) is 4.98 Å². The maximum atomic E-state index is 12.4. The summed E-state index contributed by atoms with van der Waals surface area (Å²) in [5.74, 6) is 0.602. The lowest BCUT2D eigenvalue weighted by Crippen LogP contribution is -2.31. The Kier molecular flexibility index (Phi) is 8.22. The summed E-state index contributed by atoms with van der Waals surface area (Å²) in [7, 11) is 1.84. The zero-order chi connectivity index (χ0) is 28.3. The van der Waals surface area contributed by atoms with Gasteiger partial charge in [-0.25, -0.2) is 9.97 Å². The molecule has 40 heavy (non-hydrogen) atoms. The Labute approximate surface area is 243 Å². The van der Waals surface area contributed by atoms with Crippen LogP contribution in [0.1, 0.15) is 43.0 Å². The standard InChI is InChI=1S/C32H29Cl2N3O3/c1-3-25(38)10-7-17-40-31-29(21-8-5-4-6-9-21)30(34)26-18-23(13-16-27(26)36-31)32(39,28-19-35-20-37(28)2)22-11-14-24(33)15-12-22/h4-6,8-9,11-16,18-20,39H,3,7,10,17H2,1-2H3. The average molecular weight is 575 g/mol. The van der Waals surface area contributed by atoms with Crippen molar-refractivity contribution in [3.8, 4) is 17.0 Å². The number of carbonyl (C=O) groups is 1. The van der Waals surface area contributed by atoms with Crippen molar-refractivity contribution >= 4 is 39.9 Å². The zero-order valence-electron chi connectivity index (χ0n) is 22.3. The van der Waals surface area contributed by atoms with Crippen LogP contribution in [0.4, 0.5) is 0 Å². The van der Waals surface area contributed by atoms with Crippen LogP contribution in [0.5, 0.6) is 5.88 Å². The van der Waals surface area contributed by atoms with Crippen LogP contribution < -0.4 is 4.74 Å². The predicted octanol–water partition coefficient (Wildman–Crippen LogP) is 7.36. The maximum absolute atomic E-state index is 12.4. The number of hydrogen-bond donors (Lipinski definition) is 1. The Bertz CT molecular complexity index is 1650. The van der Waals surface area contributed by atoms with Gasteiger partial charge in [-0.3, -0.25) is 4.79 Å². The molecule has 0 aliphatic carbocycles. The van der Waals surface area contributed by atoms with Crippen molar-refractivity contribution in [1.29, 1.82) is 0 Å².